The van der Waals surface area contributed by atoms with Crippen molar-refractivity contribution in [3.8, 4) is 5.75 Å². The Morgan fingerprint density at radius 3 is 2.57 bits per heavy atom. The molecule has 1 fully saturated rings. The Morgan fingerprint density at radius 1 is 1.13 bits per heavy atom. The van der Waals surface area contributed by atoms with Crippen LogP contribution in [0, 0.1) is 5.92 Å². The van der Waals surface area contributed by atoms with Crippen molar-refractivity contribution in [2.45, 2.75) is 44.9 Å². The number of hydrogen-bond acceptors (Lipinski definition) is 6. The third kappa shape index (κ3) is 2.97. The van der Waals surface area contributed by atoms with Gasteiger partial charge in [-0.15, -0.1) is 0 Å². The van der Waals surface area contributed by atoms with Gasteiger partial charge in [-0.25, -0.2) is 4.79 Å². The van der Waals surface area contributed by atoms with Crippen LogP contribution in [0.15, 0.2) is 39.5 Å². The van der Waals surface area contributed by atoms with Crippen LogP contribution < -0.4 is 10.4 Å². The summed E-state index contributed by atoms with van der Waals surface area (Å²) in [5, 5.41) is 21.1. The lowest BCUT2D eigenvalue weighted by atomic mass is 9.82. The summed E-state index contributed by atoms with van der Waals surface area (Å²) >= 11 is 0. The Hall–Kier alpha value is -1.89. The third-order valence-electron chi connectivity index (χ3n) is 4.50. The van der Waals surface area contributed by atoms with Crippen molar-refractivity contribution < 1.29 is 24.1 Å². The Balaban J connectivity index is 1.87. The minimum Gasteiger partial charge on any atom is -0.462 e. The van der Waals surface area contributed by atoms with Crippen molar-refractivity contribution in [2.24, 2.45) is 5.92 Å². The van der Waals surface area contributed by atoms with Crippen LogP contribution in [-0.2, 0) is 4.74 Å². The number of hydrogen-bond donors (Lipinski definition) is 2. The second-order valence-corrected chi connectivity index (χ2v) is 6.43. The van der Waals surface area contributed by atoms with Gasteiger partial charge in [0.25, 0.3) is 0 Å². The predicted octanol–water partition coefficient (Wildman–Crippen LogP) is 1.66. The van der Waals surface area contributed by atoms with E-state index in [0.717, 1.165) is 5.39 Å². The van der Waals surface area contributed by atoms with Gasteiger partial charge in [-0.1, -0.05) is 6.92 Å². The predicted molar refractivity (Wildman–Crippen MR) is 83.2 cm³/mol. The largest absolute Gasteiger partial charge is 0.462 e. The molecule has 3 rings (SSSR count). The maximum Gasteiger partial charge on any atom is 0.336 e. The molecule has 1 aliphatic heterocycles. The van der Waals surface area contributed by atoms with E-state index >= 15 is 0 Å². The Bertz CT molecular complexity index is 765. The molecule has 0 saturated carbocycles. The monoisotopic (exact) mass is 320 g/mol. The van der Waals surface area contributed by atoms with Crippen LogP contribution in [0.5, 0.6) is 5.75 Å². The highest BCUT2D eigenvalue weighted by Crippen LogP contribution is 2.35. The van der Waals surface area contributed by atoms with Crippen LogP contribution in [0.1, 0.15) is 20.8 Å². The molecule has 2 aromatic rings. The third-order valence-corrected chi connectivity index (χ3v) is 4.50. The first kappa shape index (κ1) is 16.0. The molecule has 2 N–H and O–H groups in total. The van der Waals surface area contributed by atoms with Gasteiger partial charge in [-0.2, -0.15) is 0 Å². The van der Waals surface area contributed by atoms with Crippen LogP contribution in [0.3, 0.4) is 0 Å². The van der Waals surface area contributed by atoms with Gasteiger partial charge in [0.2, 0.25) is 6.29 Å². The van der Waals surface area contributed by atoms with Crippen LogP contribution >= 0.6 is 0 Å². The number of aliphatic hydroxyl groups is 2. The molecule has 0 bridgehead atoms. The second kappa shape index (κ2) is 5.63. The fourth-order valence-corrected chi connectivity index (χ4v) is 2.69. The van der Waals surface area contributed by atoms with Crippen LogP contribution in [0.2, 0.25) is 0 Å². The summed E-state index contributed by atoms with van der Waals surface area (Å²) in [5.41, 5.74) is -0.713. The van der Waals surface area contributed by atoms with Crippen LogP contribution in [0.25, 0.3) is 11.0 Å². The van der Waals surface area contributed by atoms with Crippen molar-refractivity contribution in [3.63, 3.8) is 0 Å². The number of aliphatic hydroxyl groups excluding tert-OH is 2. The Morgan fingerprint density at radius 2 is 1.83 bits per heavy atom. The van der Waals surface area contributed by atoms with Crippen LogP contribution in [-0.4, -0.2) is 34.3 Å². The van der Waals surface area contributed by atoms with Crippen molar-refractivity contribution in [3.05, 3.63) is 40.8 Å². The molecule has 4 atom stereocenters. The summed E-state index contributed by atoms with van der Waals surface area (Å²) < 4.78 is 16.6. The standard InChI is InChI=1S/C17H20O6/c1-9-14(19)15(20)16(23-17(9,2)3)21-11-6-4-10-5-7-13(18)22-12(10)8-11/h4-9,14-16,19-20H,1-3H3/t9-,14-,15+,16?/m1/s1. The first-order chi connectivity index (χ1) is 10.8. The van der Waals surface area contributed by atoms with Gasteiger partial charge in [-0.3, -0.25) is 0 Å². The molecule has 1 aromatic carbocycles. The highest BCUT2D eigenvalue weighted by Gasteiger charge is 2.47. The summed E-state index contributed by atoms with van der Waals surface area (Å²) in [4.78, 5) is 11.3. The van der Waals surface area contributed by atoms with E-state index in [1.165, 1.54) is 6.07 Å². The number of ether oxygens (including phenoxy) is 2. The lowest BCUT2D eigenvalue weighted by Crippen LogP contribution is -2.59. The lowest BCUT2D eigenvalue weighted by molar-refractivity contribution is -0.284. The zero-order valence-electron chi connectivity index (χ0n) is 13.2. The van der Waals surface area contributed by atoms with Gasteiger partial charge >= 0.3 is 5.63 Å². The van der Waals surface area contributed by atoms with E-state index in [0.29, 0.717) is 11.3 Å². The first-order valence-corrected chi connectivity index (χ1v) is 7.52. The van der Waals surface area contributed by atoms with Crippen molar-refractivity contribution in [1.82, 2.24) is 0 Å². The van der Waals surface area contributed by atoms with E-state index in [9.17, 15) is 15.0 Å². The summed E-state index contributed by atoms with van der Waals surface area (Å²) in [6, 6.07) is 8.00. The molecule has 0 radical (unpaired) electrons. The molecular formula is C17H20O6. The summed E-state index contributed by atoms with van der Waals surface area (Å²) in [7, 11) is 0. The van der Waals surface area contributed by atoms with Crippen molar-refractivity contribution in [2.75, 3.05) is 0 Å². The Kier molecular flexibility index (Phi) is 3.91. The van der Waals surface area contributed by atoms with E-state index in [-0.39, 0.29) is 5.92 Å². The maximum absolute atomic E-state index is 11.3. The molecule has 2 heterocycles. The fraction of sp³-hybridized carbons (Fsp3) is 0.471. The molecule has 6 heteroatoms. The molecule has 6 nitrogen and oxygen atoms in total. The highest BCUT2D eigenvalue weighted by molar-refractivity contribution is 5.77. The zero-order valence-corrected chi connectivity index (χ0v) is 13.2. The molecule has 0 amide bonds. The molecule has 23 heavy (non-hydrogen) atoms. The second-order valence-electron chi connectivity index (χ2n) is 6.43. The number of fused-ring (bicyclic) bond motifs is 1. The van der Waals surface area contributed by atoms with E-state index < -0.39 is 29.7 Å². The molecule has 1 aliphatic rings. The lowest BCUT2D eigenvalue weighted by Gasteiger charge is -2.46. The van der Waals surface area contributed by atoms with E-state index in [1.54, 1.807) is 24.3 Å². The van der Waals surface area contributed by atoms with E-state index in [1.807, 2.05) is 20.8 Å². The highest BCUT2D eigenvalue weighted by atomic mass is 16.7. The number of benzene rings is 1. The average molecular weight is 320 g/mol. The Labute approximate surface area is 133 Å². The zero-order chi connectivity index (χ0) is 16.8. The first-order valence-electron chi connectivity index (χ1n) is 7.52. The van der Waals surface area contributed by atoms with Gasteiger partial charge in [0.05, 0.1) is 11.7 Å². The maximum atomic E-state index is 11.3. The average Bonchev–Trinajstić information content (AvgIpc) is 2.50. The van der Waals surface area contributed by atoms with Gasteiger partial charge < -0.3 is 24.1 Å². The van der Waals surface area contributed by atoms with Gasteiger partial charge in [0.15, 0.2) is 0 Å². The normalized spacial score (nSPS) is 30.3. The van der Waals surface area contributed by atoms with Crippen LogP contribution in [0.4, 0.5) is 0 Å². The molecular weight excluding hydrogens is 300 g/mol. The molecule has 1 saturated heterocycles. The minimum absolute atomic E-state index is 0.244. The topological polar surface area (TPSA) is 89.1 Å². The number of rotatable bonds is 2. The molecule has 1 unspecified atom stereocenters. The van der Waals surface area contributed by atoms with Gasteiger partial charge in [-0.05, 0) is 32.0 Å². The minimum atomic E-state index is -1.17. The molecule has 124 valence electrons. The van der Waals surface area contributed by atoms with Gasteiger partial charge in [0, 0.05) is 23.4 Å². The smallest absolute Gasteiger partial charge is 0.336 e. The van der Waals surface area contributed by atoms with E-state index in [4.69, 9.17) is 13.9 Å². The summed E-state index contributed by atoms with van der Waals surface area (Å²) in [6.07, 6.45) is -3.14. The molecule has 1 aromatic heterocycles. The van der Waals surface area contributed by atoms with E-state index in [2.05, 4.69) is 0 Å². The van der Waals surface area contributed by atoms with Crippen molar-refractivity contribution in [1.29, 1.82) is 0 Å². The fourth-order valence-electron chi connectivity index (χ4n) is 2.69. The summed E-state index contributed by atoms with van der Waals surface area (Å²) in [5.74, 6) is 0.139. The quantitative estimate of drug-likeness (QED) is 0.818. The SMILES string of the molecule is C[C@@H]1[C@@H](O)[C@H](O)C(Oc2ccc3ccc(=O)oc3c2)OC1(C)C. The molecule has 0 aliphatic carbocycles. The van der Waals surface area contributed by atoms with Crippen molar-refractivity contribution >= 4 is 11.0 Å². The molecule has 0 spiro atoms. The van der Waals surface area contributed by atoms with Gasteiger partial charge in [0.1, 0.15) is 17.4 Å². The summed E-state index contributed by atoms with van der Waals surface area (Å²) in [6.45, 7) is 5.49.